The molecule has 1 aromatic rings. The average Bonchev–Trinajstić information content (AvgIpc) is 2.77. The number of rotatable bonds is 13. The third-order valence-corrected chi connectivity index (χ3v) is 6.54. The minimum atomic E-state index is -0.389. The maximum Gasteiger partial charge on any atom is 0.358 e. The van der Waals surface area contributed by atoms with E-state index < -0.39 is 0 Å². The molecule has 0 radical (unpaired) electrons. The molecule has 0 spiro atoms. The fourth-order valence-electron chi connectivity index (χ4n) is 4.50. The molecule has 0 atom stereocenters. The number of hydrogen-bond donors (Lipinski definition) is 0. The van der Waals surface area contributed by atoms with Gasteiger partial charge in [-0.3, -0.25) is 4.98 Å². The van der Waals surface area contributed by atoms with Crippen LogP contribution < -0.4 is 0 Å². The van der Waals surface area contributed by atoms with E-state index in [1.165, 1.54) is 75.1 Å². The van der Waals surface area contributed by atoms with Crippen molar-refractivity contribution < 1.29 is 9.53 Å². The Kier molecular flexibility index (Phi) is 11.6. The van der Waals surface area contributed by atoms with Crippen molar-refractivity contribution in [2.45, 2.75) is 105 Å². The van der Waals surface area contributed by atoms with Crippen molar-refractivity contribution in [2.75, 3.05) is 6.61 Å². The Labute approximate surface area is 201 Å². The van der Waals surface area contributed by atoms with Crippen molar-refractivity contribution in [3.63, 3.8) is 0 Å². The van der Waals surface area contributed by atoms with Crippen LogP contribution in [0.25, 0.3) is 6.08 Å². The summed E-state index contributed by atoms with van der Waals surface area (Å²) < 4.78 is 5.36. The van der Waals surface area contributed by atoms with Crippen LogP contribution in [0.2, 0.25) is 0 Å². The molecule has 1 aliphatic rings. The van der Waals surface area contributed by atoms with E-state index in [9.17, 15) is 4.79 Å². The first-order valence-electron chi connectivity index (χ1n) is 12.9. The van der Waals surface area contributed by atoms with Gasteiger partial charge in [0.25, 0.3) is 0 Å². The summed E-state index contributed by atoms with van der Waals surface area (Å²) in [5.41, 5.74) is 5.29. The molecule has 1 heterocycles. The smallest absolute Gasteiger partial charge is 0.358 e. The van der Waals surface area contributed by atoms with Gasteiger partial charge in [-0.15, -0.1) is 0 Å². The number of unbranched alkanes of at least 4 members (excludes halogenated alkanes) is 7. The van der Waals surface area contributed by atoms with Crippen LogP contribution in [0.5, 0.6) is 0 Å². The number of esters is 1. The van der Waals surface area contributed by atoms with Crippen molar-refractivity contribution in [3.05, 3.63) is 52.7 Å². The second-order valence-electron chi connectivity index (χ2n) is 10.1. The maximum atomic E-state index is 12.2. The van der Waals surface area contributed by atoms with Gasteiger partial charge in [-0.2, -0.15) is 0 Å². The van der Waals surface area contributed by atoms with Crippen LogP contribution in [0, 0.1) is 5.41 Å². The minimum Gasteiger partial charge on any atom is -0.461 e. The lowest BCUT2D eigenvalue weighted by Gasteiger charge is -2.32. The highest BCUT2D eigenvalue weighted by atomic mass is 16.5. The zero-order valence-electron chi connectivity index (χ0n) is 21.6. The molecule has 4 heteroatoms. The number of ether oxygens (including phenoxy) is 1. The molecule has 0 unspecified atom stereocenters. The molecule has 2 rings (SSSR count). The summed E-state index contributed by atoms with van der Waals surface area (Å²) in [6.45, 7) is 11.7. The SMILES string of the molecule is CCCCCCCCCCOC(=O)c1cnc(/C=C(C)/C=C/C2=C(C)CCCC2(C)C)cn1. The van der Waals surface area contributed by atoms with Gasteiger partial charge in [0, 0.05) is 0 Å². The molecular weight excluding hydrogens is 408 g/mol. The quantitative estimate of drug-likeness (QED) is 0.172. The maximum absolute atomic E-state index is 12.2. The predicted octanol–water partition coefficient (Wildman–Crippen LogP) is 8.26. The van der Waals surface area contributed by atoms with E-state index in [1.54, 1.807) is 6.20 Å². The van der Waals surface area contributed by atoms with Gasteiger partial charge in [0.15, 0.2) is 5.69 Å². The van der Waals surface area contributed by atoms with Gasteiger partial charge in [-0.25, -0.2) is 9.78 Å². The Morgan fingerprint density at radius 2 is 1.76 bits per heavy atom. The molecule has 0 saturated carbocycles. The van der Waals surface area contributed by atoms with Gasteiger partial charge >= 0.3 is 5.97 Å². The first-order valence-corrected chi connectivity index (χ1v) is 12.9. The summed E-state index contributed by atoms with van der Waals surface area (Å²) in [5.74, 6) is -0.389. The lowest BCUT2D eigenvalue weighted by molar-refractivity contribution is 0.0490. The Balaban J connectivity index is 1.78. The average molecular weight is 453 g/mol. The molecule has 1 aliphatic carbocycles. The number of aromatic nitrogens is 2. The first kappa shape index (κ1) is 27.0. The standard InChI is InChI=1S/C29H44N2O2/c1-6-7-8-9-10-11-12-13-19-33-28(32)27-22-30-25(21-31-27)20-23(2)16-17-26-24(3)15-14-18-29(26,4)5/h16-17,20-22H,6-15,18-19H2,1-5H3/b17-16+,23-20+. The molecule has 1 aromatic heterocycles. The van der Waals surface area contributed by atoms with Crippen molar-refractivity contribution >= 4 is 12.0 Å². The molecule has 0 amide bonds. The summed E-state index contributed by atoms with van der Waals surface area (Å²) >= 11 is 0. The Morgan fingerprint density at radius 1 is 1.06 bits per heavy atom. The number of hydrogen-bond acceptors (Lipinski definition) is 4. The number of carbonyl (C=O) groups excluding carboxylic acids is 1. The lowest BCUT2D eigenvalue weighted by atomic mass is 9.72. The van der Waals surface area contributed by atoms with E-state index in [2.05, 4.69) is 56.7 Å². The highest BCUT2D eigenvalue weighted by Gasteiger charge is 2.26. The third kappa shape index (κ3) is 9.65. The fraction of sp³-hybridized carbons (Fsp3) is 0.621. The van der Waals surface area contributed by atoms with E-state index in [0.717, 1.165) is 24.1 Å². The summed E-state index contributed by atoms with van der Waals surface area (Å²) in [7, 11) is 0. The van der Waals surface area contributed by atoms with Gasteiger partial charge < -0.3 is 4.74 Å². The normalized spacial score (nSPS) is 16.5. The Hall–Kier alpha value is -2.23. The molecule has 0 bridgehead atoms. The van der Waals surface area contributed by atoms with E-state index in [-0.39, 0.29) is 17.1 Å². The molecule has 0 fully saturated rings. The fourth-order valence-corrected chi connectivity index (χ4v) is 4.50. The van der Waals surface area contributed by atoms with E-state index >= 15 is 0 Å². The summed E-state index contributed by atoms with van der Waals surface area (Å²) in [5, 5.41) is 0. The zero-order valence-corrected chi connectivity index (χ0v) is 21.6. The number of allylic oxidation sites excluding steroid dienone is 5. The van der Waals surface area contributed by atoms with Crippen LogP contribution in [0.1, 0.15) is 121 Å². The summed E-state index contributed by atoms with van der Waals surface area (Å²) in [6.07, 6.45) is 23.0. The van der Waals surface area contributed by atoms with Crippen molar-refractivity contribution in [1.82, 2.24) is 9.97 Å². The van der Waals surface area contributed by atoms with Crippen LogP contribution in [0.4, 0.5) is 0 Å². The van der Waals surface area contributed by atoms with E-state index in [4.69, 9.17) is 4.74 Å². The van der Waals surface area contributed by atoms with Crippen LogP contribution in [-0.4, -0.2) is 22.5 Å². The van der Waals surface area contributed by atoms with Gasteiger partial charge in [-0.1, -0.05) is 83.4 Å². The van der Waals surface area contributed by atoms with Gasteiger partial charge in [-0.05, 0) is 62.2 Å². The number of carbonyl (C=O) groups is 1. The minimum absolute atomic E-state index is 0.232. The molecule has 182 valence electrons. The zero-order chi connectivity index (χ0) is 24.1. The summed E-state index contributed by atoms with van der Waals surface area (Å²) in [6, 6.07) is 0. The molecule has 4 nitrogen and oxygen atoms in total. The van der Waals surface area contributed by atoms with Crippen molar-refractivity contribution in [2.24, 2.45) is 5.41 Å². The second-order valence-corrected chi connectivity index (χ2v) is 10.1. The van der Waals surface area contributed by atoms with Crippen LogP contribution in [0.3, 0.4) is 0 Å². The van der Waals surface area contributed by atoms with E-state index in [0.29, 0.717) is 6.61 Å². The Morgan fingerprint density at radius 3 is 2.39 bits per heavy atom. The van der Waals surface area contributed by atoms with Gasteiger partial charge in [0.1, 0.15) is 0 Å². The first-order chi connectivity index (χ1) is 15.8. The second kappa shape index (κ2) is 14.1. The van der Waals surface area contributed by atoms with Gasteiger partial charge in [0.05, 0.1) is 24.7 Å². The molecule has 33 heavy (non-hydrogen) atoms. The molecule has 0 saturated heterocycles. The highest BCUT2D eigenvalue weighted by molar-refractivity contribution is 5.86. The van der Waals surface area contributed by atoms with Gasteiger partial charge in [0.2, 0.25) is 0 Å². The largest absolute Gasteiger partial charge is 0.461 e. The topological polar surface area (TPSA) is 52.1 Å². The highest BCUT2D eigenvalue weighted by Crippen LogP contribution is 2.40. The van der Waals surface area contributed by atoms with Crippen molar-refractivity contribution in [1.29, 1.82) is 0 Å². The molecule has 0 N–H and O–H groups in total. The third-order valence-electron chi connectivity index (χ3n) is 6.54. The number of nitrogens with zero attached hydrogens (tertiary/aromatic N) is 2. The molecule has 0 aromatic carbocycles. The van der Waals surface area contributed by atoms with Crippen molar-refractivity contribution in [3.8, 4) is 0 Å². The Bertz CT molecular complexity index is 832. The lowest BCUT2D eigenvalue weighted by Crippen LogP contribution is -2.19. The molecular formula is C29H44N2O2. The van der Waals surface area contributed by atoms with Crippen LogP contribution >= 0.6 is 0 Å². The van der Waals surface area contributed by atoms with Crippen LogP contribution in [0.15, 0.2) is 41.3 Å². The monoisotopic (exact) mass is 452 g/mol. The molecule has 0 aliphatic heterocycles. The van der Waals surface area contributed by atoms with Crippen LogP contribution in [-0.2, 0) is 4.74 Å². The van der Waals surface area contributed by atoms with E-state index in [1.807, 2.05) is 6.08 Å². The predicted molar refractivity (Wildman–Crippen MR) is 138 cm³/mol. The summed E-state index contributed by atoms with van der Waals surface area (Å²) in [4.78, 5) is 20.8.